The summed E-state index contributed by atoms with van der Waals surface area (Å²) in [6.45, 7) is 3.36. The Morgan fingerprint density at radius 2 is 1.96 bits per heavy atom. The van der Waals surface area contributed by atoms with Crippen LogP contribution < -0.4 is 0 Å². The second-order valence-corrected chi connectivity index (χ2v) is 7.78. The van der Waals surface area contributed by atoms with Gasteiger partial charge >= 0.3 is 0 Å². The lowest BCUT2D eigenvalue weighted by molar-refractivity contribution is -0.132. The SMILES string of the molecule is O=C1CCC2(CCCN(Cc3ccccn3)CC2)N1Cc1cccc(F)c1. The Balaban J connectivity index is 1.47. The molecule has 2 saturated heterocycles. The lowest BCUT2D eigenvalue weighted by Crippen LogP contribution is -2.45. The van der Waals surface area contributed by atoms with Crippen LogP contribution in [0.3, 0.4) is 0 Å². The minimum atomic E-state index is -0.240. The quantitative estimate of drug-likeness (QED) is 0.825. The number of benzene rings is 1. The number of carbonyl (C=O) groups is 1. The molecular formula is C22H26FN3O. The Morgan fingerprint density at radius 1 is 1.04 bits per heavy atom. The predicted molar refractivity (Wildman–Crippen MR) is 102 cm³/mol. The number of hydrogen-bond donors (Lipinski definition) is 0. The zero-order chi connectivity index (χ0) is 18.7. The van der Waals surface area contributed by atoms with Gasteiger partial charge < -0.3 is 4.90 Å². The fourth-order valence-electron chi connectivity index (χ4n) is 4.58. The molecule has 2 aliphatic rings. The summed E-state index contributed by atoms with van der Waals surface area (Å²) >= 11 is 0. The highest BCUT2D eigenvalue weighted by molar-refractivity contribution is 5.79. The highest BCUT2D eigenvalue weighted by Crippen LogP contribution is 2.40. The minimum absolute atomic E-state index is 0.0811. The van der Waals surface area contributed by atoms with Crippen LogP contribution in [0.15, 0.2) is 48.7 Å². The van der Waals surface area contributed by atoms with Crippen LogP contribution in [0.4, 0.5) is 4.39 Å². The highest BCUT2D eigenvalue weighted by atomic mass is 19.1. The Morgan fingerprint density at radius 3 is 2.78 bits per heavy atom. The van der Waals surface area contributed by atoms with E-state index in [1.807, 2.05) is 29.3 Å². The second kappa shape index (κ2) is 7.77. The molecule has 1 unspecified atom stereocenters. The van der Waals surface area contributed by atoms with Gasteiger partial charge in [0, 0.05) is 37.8 Å². The predicted octanol–water partition coefficient (Wildman–Crippen LogP) is 3.77. The van der Waals surface area contributed by atoms with Crippen LogP contribution >= 0.6 is 0 Å². The topological polar surface area (TPSA) is 36.4 Å². The summed E-state index contributed by atoms with van der Waals surface area (Å²) < 4.78 is 13.6. The lowest BCUT2D eigenvalue weighted by Gasteiger charge is -2.38. The van der Waals surface area contributed by atoms with Gasteiger partial charge in [0.15, 0.2) is 0 Å². The largest absolute Gasteiger partial charge is 0.333 e. The summed E-state index contributed by atoms with van der Waals surface area (Å²) in [7, 11) is 0. The van der Waals surface area contributed by atoms with Gasteiger partial charge in [-0.3, -0.25) is 14.7 Å². The molecule has 4 nitrogen and oxygen atoms in total. The van der Waals surface area contributed by atoms with Gasteiger partial charge in [-0.05, 0) is 62.1 Å². The van der Waals surface area contributed by atoms with Gasteiger partial charge in [0.2, 0.25) is 5.91 Å². The van der Waals surface area contributed by atoms with Crippen molar-refractivity contribution in [2.24, 2.45) is 0 Å². The van der Waals surface area contributed by atoms with Gasteiger partial charge in [-0.1, -0.05) is 18.2 Å². The van der Waals surface area contributed by atoms with Crippen LogP contribution in [0.1, 0.15) is 43.4 Å². The molecule has 0 radical (unpaired) electrons. The van der Waals surface area contributed by atoms with E-state index in [1.165, 1.54) is 6.07 Å². The zero-order valence-corrected chi connectivity index (χ0v) is 15.6. The smallest absolute Gasteiger partial charge is 0.223 e. The number of carbonyl (C=O) groups excluding carboxylic acids is 1. The van der Waals surface area contributed by atoms with Crippen LogP contribution in [-0.4, -0.2) is 39.3 Å². The molecule has 2 fully saturated rings. The summed E-state index contributed by atoms with van der Waals surface area (Å²) in [6, 6.07) is 12.7. The number of halogens is 1. The summed E-state index contributed by atoms with van der Waals surface area (Å²) in [4.78, 5) is 21.6. The minimum Gasteiger partial charge on any atom is -0.333 e. The van der Waals surface area contributed by atoms with E-state index in [-0.39, 0.29) is 17.3 Å². The number of nitrogens with zero attached hydrogens (tertiary/aromatic N) is 3. The molecule has 1 aromatic heterocycles. The van der Waals surface area contributed by atoms with Crippen molar-refractivity contribution < 1.29 is 9.18 Å². The van der Waals surface area contributed by atoms with E-state index in [0.717, 1.165) is 56.6 Å². The summed E-state index contributed by atoms with van der Waals surface area (Å²) in [5.74, 6) is -0.0342. The molecule has 1 aromatic carbocycles. The molecule has 5 heteroatoms. The maximum atomic E-state index is 13.6. The molecule has 0 saturated carbocycles. The molecule has 1 amide bonds. The van der Waals surface area contributed by atoms with E-state index in [1.54, 1.807) is 12.1 Å². The molecule has 4 rings (SSSR count). The van der Waals surface area contributed by atoms with Crippen LogP contribution in [-0.2, 0) is 17.9 Å². The Bertz CT molecular complexity index is 797. The first-order valence-corrected chi connectivity index (χ1v) is 9.82. The van der Waals surface area contributed by atoms with E-state index in [4.69, 9.17) is 0 Å². The van der Waals surface area contributed by atoms with Crippen molar-refractivity contribution in [3.8, 4) is 0 Å². The Kier molecular flexibility index (Phi) is 5.21. The monoisotopic (exact) mass is 367 g/mol. The number of pyridine rings is 1. The first-order chi connectivity index (χ1) is 13.1. The normalized spacial score (nSPS) is 23.7. The van der Waals surface area contributed by atoms with Crippen LogP contribution in [0, 0.1) is 5.82 Å². The molecule has 0 N–H and O–H groups in total. The molecule has 0 bridgehead atoms. The lowest BCUT2D eigenvalue weighted by atomic mass is 9.87. The second-order valence-electron chi connectivity index (χ2n) is 7.78. The van der Waals surface area contributed by atoms with Gasteiger partial charge in [0.1, 0.15) is 5.82 Å². The van der Waals surface area contributed by atoms with E-state index in [9.17, 15) is 9.18 Å². The highest BCUT2D eigenvalue weighted by Gasteiger charge is 2.45. The molecule has 142 valence electrons. The maximum Gasteiger partial charge on any atom is 0.223 e. The van der Waals surface area contributed by atoms with Gasteiger partial charge in [0.05, 0.1) is 5.69 Å². The van der Waals surface area contributed by atoms with E-state index < -0.39 is 0 Å². The molecular weight excluding hydrogens is 341 g/mol. The Hall–Kier alpha value is -2.27. The molecule has 2 aromatic rings. The molecule has 0 aliphatic carbocycles. The van der Waals surface area contributed by atoms with E-state index in [0.29, 0.717) is 13.0 Å². The fourth-order valence-corrected chi connectivity index (χ4v) is 4.58. The number of likely N-dealkylation sites (tertiary alicyclic amines) is 2. The molecule has 2 aliphatic heterocycles. The summed E-state index contributed by atoms with van der Waals surface area (Å²) in [6.07, 6.45) is 6.42. The van der Waals surface area contributed by atoms with Gasteiger partial charge in [-0.2, -0.15) is 0 Å². The van der Waals surface area contributed by atoms with Gasteiger partial charge in [0.25, 0.3) is 0 Å². The standard InChI is InChI=1S/C22H26FN3O/c23-19-6-3-5-18(15-19)16-26-21(27)8-10-22(26)9-4-13-25(14-11-22)17-20-7-1-2-12-24-20/h1-3,5-7,12,15H,4,8-11,13-14,16-17H2. The molecule has 1 spiro atoms. The van der Waals surface area contributed by atoms with E-state index in [2.05, 4.69) is 16.0 Å². The molecule has 3 heterocycles. The Labute approximate surface area is 160 Å². The number of amides is 1. The first kappa shape index (κ1) is 18.1. The average molecular weight is 367 g/mol. The van der Waals surface area contributed by atoms with Crippen molar-refractivity contribution >= 4 is 5.91 Å². The fraction of sp³-hybridized carbons (Fsp3) is 0.455. The van der Waals surface area contributed by atoms with Crippen molar-refractivity contribution in [3.63, 3.8) is 0 Å². The third-order valence-corrected chi connectivity index (χ3v) is 6.03. The third-order valence-electron chi connectivity index (χ3n) is 6.03. The third kappa shape index (κ3) is 4.03. The van der Waals surface area contributed by atoms with Crippen molar-refractivity contribution in [3.05, 3.63) is 65.7 Å². The van der Waals surface area contributed by atoms with E-state index >= 15 is 0 Å². The number of hydrogen-bond acceptors (Lipinski definition) is 3. The summed E-state index contributed by atoms with van der Waals surface area (Å²) in [5.41, 5.74) is 1.88. The van der Waals surface area contributed by atoms with Crippen LogP contribution in [0.25, 0.3) is 0 Å². The van der Waals surface area contributed by atoms with Gasteiger partial charge in [-0.25, -0.2) is 4.39 Å². The zero-order valence-electron chi connectivity index (χ0n) is 15.6. The van der Waals surface area contributed by atoms with Crippen LogP contribution in [0.5, 0.6) is 0 Å². The van der Waals surface area contributed by atoms with Crippen LogP contribution in [0.2, 0.25) is 0 Å². The van der Waals surface area contributed by atoms with Crippen molar-refractivity contribution in [1.29, 1.82) is 0 Å². The van der Waals surface area contributed by atoms with Crippen molar-refractivity contribution in [2.45, 2.75) is 50.7 Å². The molecule has 1 atom stereocenters. The summed E-state index contributed by atoms with van der Waals surface area (Å²) in [5, 5.41) is 0. The first-order valence-electron chi connectivity index (χ1n) is 9.82. The van der Waals surface area contributed by atoms with Crippen molar-refractivity contribution in [2.75, 3.05) is 13.1 Å². The van der Waals surface area contributed by atoms with Crippen molar-refractivity contribution in [1.82, 2.24) is 14.8 Å². The van der Waals surface area contributed by atoms with Gasteiger partial charge in [-0.15, -0.1) is 0 Å². The average Bonchev–Trinajstić information content (AvgIpc) is 2.84. The molecule has 27 heavy (non-hydrogen) atoms. The number of aromatic nitrogens is 1. The number of rotatable bonds is 4. The maximum absolute atomic E-state index is 13.6.